The molecule has 0 radical (unpaired) electrons. The van der Waals surface area contributed by atoms with Gasteiger partial charge in [-0.15, -0.1) is 5.10 Å². The number of nitrogens with one attached hydrogen (secondary N) is 3. The highest BCUT2D eigenvalue weighted by atomic mass is 16.2. The van der Waals surface area contributed by atoms with E-state index in [0.29, 0.717) is 5.65 Å². The van der Waals surface area contributed by atoms with Crippen molar-refractivity contribution in [2.24, 2.45) is 5.92 Å². The number of carbonyl (C=O) groups is 1. The summed E-state index contributed by atoms with van der Waals surface area (Å²) < 4.78 is 0. The van der Waals surface area contributed by atoms with Crippen LogP contribution in [0.4, 0.5) is 5.82 Å². The Balaban J connectivity index is 1.42. The van der Waals surface area contributed by atoms with Gasteiger partial charge in [-0.3, -0.25) is 14.8 Å². The molecule has 4 rings (SSSR count). The standard InChI is InChI=1S/C16H18N8O2/c1-9(19-15(25)14-21-16(26)23-22-14)10-4-7-24(8-10)12-3-2-11-13(20-12)18-6-5-17-11/h2-3,5-6,9-10H,4,7-8H2,1H3,(H,19,25)(H2,21,22,23,26). The molecule has 10 heteroatoms. The number of H-pyrrole nitrogens is 2. The molecule has 1 aliphatic heterocycles. The van der Waals surface area contributed by atoms with Gasteiger partial charge in [0.1, 0.15) is 11.3 Å². The average molecular weight is 354 g/mol. The molecule has 1 amide bonds. The summed E-state index contributed by atoms with van der Waals surface area (Å²) in [6, 6.07) is 3.79. The fourth-order valence-corrected chi connectivity index (χ4v) is 3.19. The number of aromatic amines is 2. The molecule has 2 atom stereocenters. The van der Waals surface area contributed by atoms with Crippen molar-refractivity contribution >= 4 is 22.9 Å². The Kier molecular flexibility index (Phi) is 4.07. The maximum Gasteiger partial charge on any atom is 0.341 e. The van der Waals surface area contributed by atoms with Gasteiger partial charge in [-0.05, 0) is 31.4 Å². The van der Waals surface area contributed by atoms with Gasteiger partial charge in [-0.2, -0.15) is 0 Å². The molecule has 0 aromatic carbocycles. The van der Waals surface area contributed by atoms with Crippen LogP contribution in [-0.4, -0.2) is 55.2 Å². The topological polar surface area (TPSA) is 133 Å². The van der Waals surface area contributed by atoms with Crippen molar-refractivity contribution in [1.82, 2.24) is 35.5 Å². The molecule has 3 N–H and O–H groups in total. The Labute approximate surface area is 148 Å². The normalized spacial score (nSPS) is 18.2. The molecule has 0 aliphatic carbocycles. The van der Waals surface area contributed by atoms with Gasteiger partial charge < -0.3 is 10.2 Å². The van der Waals surface area contributed by atoms with Crippen molar-refractivity contribution in [1.29, 1.82) is 0 Å². The van der Waals surface area contributed by atoms with E-state index in [0.717, 1.165) is 30.8 Å². The van der Waals surface area contributed by atoms with Crippen molar-refractivity contribution in [3.05, 3.63) is 40.8 Å². The number of amides is 1. The highest BCUT2D eigenvalue weighted by molar-refractivity contribution is 5.90. The van der Waals surface area contributed by atoms with Crippen molar-refractivity contribution in [3.8, 4) is 0 Å². The van der Waals surface area contributed by atoms with Crippen molar-refractivity contribution < 1.29 is 4.79 Å². The SMILES string of the molecule is CC(NC(=O)c1n[nH]c(=O)[nH]1)C1CCN(c2ccc3nccnc3n2)C1. The van der Waals surface area contributed by atoms with Gasteiger partial charge in [0.25, 0.3) is 5.91 Å². The molecular weight excluding hydrogens is 336 g/mol. The number of hydrogen-bond acceptors (Lipinski definition) is 7. The van der Waals surface area contributed by atoms with E-state index in [2.05, 4.69) is 40.3 Å². The molecule has 4 heterocycles. The lowest BCUT2D eigenvalue weighted by atomic mass is 10.0. The minimum absolute atomic E-state index is 0.00790. The van der Waals surface area contributed by atoms with E-state index in [1.54, 1.807) is 12.4 Å². The van der Waals surface area contributed by atoms with Gasteiger partial charge in [0, 0.05) is 31.5 Å². The van der Waals surface area contributed by atoms with Crippen LogP contribution in [0.2, 0.25) is 0 Å². The van der Waals surface area contributed by atoms with Gasteiger partial charge >= 0.3 is 5.69 Å². The summed E-state index contributed by atoms with van der Waals surface area (Å²) in [5.41, 5.74) is 0.887. The van der Waals surface area contributed by atoms with E-state index in [-0.39, 0.29) is 17.8 Å². The molecule has 3 aromatic heterocycles. The second-order valence-corrected chi connectivity index (χ2v) is 6.35. The van der Waals surface area contributed by atoms with E-state index in [1.165, 1.54) is 0 Å². The lowest BCUT2D eigenvalue weighted by Crippen LogP contribution is -2.39. The minimum Gasteiger partial charge on any atom is -0.356 e. The first-order valence-electron chi connectivity index (χ1n) is 8.38. The number of hydrogen-bond donors (Lipinski definition) is 3. The van der Waals surface area contributed by atoms with Gasteiger partial charge in [-0.1, -0.05) is 0 Å². The third kappa shape index (κ3) is 3.13. The van der Waals surface area contributed by atoms with Crippen LogP contribution in [0.5, 0.6) is 0 Å². The number of fused-ring (bicyclic) bond motifs is 1. The highest BCUT2D eigenvalue weighted by Crippen LogP contribution is 2.25. The Morgan fingerprint density at radius 3 is 3.00 bits per heavy atom. The average Bonchev–Trinajstić information content (AvgIpc) is 3.30. The zero-order valence-electron chi connectivity index (χ0n) is 14.1. The molecule has 10 nitrogen and oxygen atoms in total. The first-order valence-corrected chi connectivity index (χ1v) is 8.38. The van der Waals surface area contributed by atoms with Crippen molar-refractivity contribution in [2.45, 2.75) is 19.4 Å². The van der Waals surface area contributed by atoms with E-state index in [1.807, 2.05) is 19.1 Å². The van der Waals surface area contributed by atoms with Crippen LogP contribution in [0, 0.1) is 5.92 Å². The van der Waals surface area contributed by atoms with Gasteiger partial charge in [0.05, 0.1) is 0 Å². The Bertz CT molecular complexity index is 997. The van der Waals surface area contributed by atoms with Crippen LogP contribution < -0.4 is 15.9 Å². The van der Waals surface area contributed by atoms with Crippen LogP contribution in [0.15, 0.2) is 29.3 Å². The van der Waals surface area contributed by atoms with Gasteiger partial charge in [0.2, 0.25) is 5.82 Å². The fraction of sp³-hybridized carbons (Fsp3) is 0.375. The summed E-state index contributed by atoms with van der Waals surface area (Å²) in [6.45, 7) is 3.58. The predicted molar refractivity (Wildman–Crippen MR) is 93.8 cm³/mol. The van der Waals surface area contributed by atoms with E-state index in [9.17, 15) is 9.59 Å². The largest absolute Gasteiger partial charge is 0.356 e. The summed E-state index contributed by atoms with van der Waals surface area (Å²) in [7, 11) is 0. The van der Waals surface area contributed by atoms with E-state index < -0.39 is 11.6 Å². The highest BCUT2D eigenvalue weighted by Gasteiger charge is 2.29. The summed E-state index contributed by atoms with van der Waals surface area (Å²) in [5, 5.41) is 8.73. The van der Waals surface area contributed by atoms with Crippen molar-refractivity contribution in [2.75, 3.05) is 18.0 Å². The maximum absolute atomic E-state index is 12.1. The lowest BCUT2D eigenvalue weighted by Gasteiger charge is -2.21. The quantitative estimate of drug-likeness (QED) is 0.604. The predicted octanol–water partition coefficient (Wildman–Crippen LogP) is 0.0810. The van der Waals surface area contributed by atoms with Crippen LogP contribution in [-0.2, 0) is 0 Å². The van der Waals surface area contributed by atoms with E-state index >= 15 is 0 Å². The number of carbonyl (C=O) groups excluding carboxylic acids is 1. The van der Waals surface area contributed by atoms with Crippen LogP contribution in [0.1, 0.15) is 24.0 Å². The zero-order chi connectivity index (χ0) is 18.1. The number of pyridine rings is 1. The molecule has 1 saturated heterocycles. The van der Waals surface area contributed by atoms with Crippen LogP contribution in [0.25, 0.3) is 11.2 Å². The molecule has 134 valence electrons. The molecule has 0 spiro atoms. The number of anilines is 1. The molecule has 3 aromatic rings. The molecular formula is C16H18N8O2. The molecule has 1 aliphatic rings. The summed E-state index contributed by atoms with van der Waals surface area (Å²) >= 11 is 0. The van der Waals surface area contributed by atoms with E-state index in [4.69, 9.17) is 0 Å². The lowest BCUT2D eigenvalue weighted by molar-refractivity contribution is 0.0918. The number of aromatic nitrogens is 6. The molecule has 0 bridgehead atoms. The maximum atomic E-state index is 12.1. The Hall–Kier alpha value is -3.30. The third-order valence-corrected chi connectivity index (χ3v) is 4.65. The second-order valence-electron chi connectivity index (χ2n) is 6.35. The van der Waals surface area contributed by atoms with Crippen LogP contribution >= 0.6 is 0 Å². The number of rotatable bonds is 4. The Morgan fingerprint density at radius 2 is 2.19 bits per heavy atom. The number of nitrogens with zero attached hydrogens (tertiary/aromatic N) is 5. The second kappa shape index (κ2) is 6.54. The summed E-state index contributed by atoms with van der Waals surface area (Å²) in [5.74, 6) is 0.722. The third-order valence-electron chi connectivity index (χ3n) is 4.65. The molecule has 0 saturated carbocycles. The Morgan fingerprint density at radius 1 is 1.35 bits per heavy atom. The van der Waals surface area contributed by atoms with Crippen molar-refractivity contribution in [3.63, 3.8) is 0 Å². The summed E-state index contributed by atoms with van der Waals surface area (Å²) in [6.07, 6.45) is 4.20. The zero-order valence-corrected chi connectivity index (χ0v) is 14.1. The van der Waals surface area contributed by atoms with Crippen LogP contribution in [0.3, 0.4) is 0 Å². The molecule has 26 heavy (non-hydrogen) atoms. The smallest absolute Gasteiger partial charge is 0.341 e. The fourth-order valence-electron chi connectivity index (χ4n) is 3.19. The first-order chi connectivity index (χ1) is 12.6. The first kappa shape index (κ1) is 16.2. The van der Waals surface area contributed by atoms with Gasteiger partial charge in [-0.25, -0.2) is 19.9 Å². The minimum atomic E-state index is -0.500. The molecule has 1 fully saturated rings. The monoisotopic (exact) mass is 354 g/mol. The van der Waals surface area contributed by atoms with Gasteiger partial charge in [0.15, 0.2) is 5.65 Å². The molecule has 2 unspecified atom stereocenters. The summed E-state index contributed by atoms with van der Waals surface area (Å²) in [4.78, 5) is 40.8.